The van der Waals surface area contributed by atoms with Gasteiger partial charge in [0.15, 0.2) is 0 Å². The Morgan fingerprint density at radius 2 is 1.95 bits per heavy atom. The fraction of sp³-hybridized carbons (Fsp3) is 0.231. The number of rotatable bonds is 4. The Labute approximate surface area is 122 Å². The van der Waals surface area contributed by atoms with E-state index in [1.54, 1.807) is 5.38 Å². The van der Waals surface area contributed by atoms with E-state index in [0.29, 0.717) is 16.3 Å². The zero-order chi connectivity index (χ0) is 15.5. The van der Waals surface area contributed by atoms with Gasteiger partial charge in [-0.15, -0.1) is 24.5 Å². The van der Waals surface area contributed by atoms with E-state index in [0.717, 1.165) is 0 Å². The topological polar surface area (TPSA) is 48.4 Å². The van der Waals surface area contributed by atoms with Gasteiger partial charge in [-0.3, -0.25) is 4.79 Å². The minimum absolute atomic E-state index is 0.0578. The molecule has 1 heterocycles. The van der Waals surface area contributed by atoms with Gasteiger partial charge in [-0.25, -0.2) is 4.98 Å². The van der Waals surface area contributed by atoms with Crippen molar-refractivity contribution >= 4 is 17.3 Å². The molecule has 0 aliphatic carbocycles. The quantitative estimate of drug-likeness (QED) is 0.811. The summed E-state index contributed by atoms with van der Waals surface area (Å²) in [5.41, 5.74) is 1.20. The van der Waals surface area contributed by atoms with Crippen LogP contribution in [0.2, 0.25) is 0 Å². The van der Waals surface area contributed by atoms with E-state index < -0.39 is 12.3 Å². The highest BCUT2D eigenvalue weighted by Crippen LogP contribution is 2.28. The molecule has 2 aromatic rings. The van der Waals surface area contributed by atoms with E-state index >= 15 is 0 Å². The number of benzene rings is 1. The lowest BCUT2D eigenvalue weighted by atomic mass is 10.2. The Hall–Kier alpha value is -2.09. The summed E-state index contributed by atoms with van der Waals surface area (Å²) in [6.45, 7) is 0. The normalized spacial score (nSPS) is 11.2. The maximum Gasteiger partial charge on any atom is 0.573 e. The Balaban J connectivity index is 2.10. The molecule has 0 saturated carbocycles. The van der Waals surface area contributed by atoms with Gasteiger partial charge < -0.3 is 9.47 Å². The maximum atomic E-state index is 12.0. The number of alkyl halides is 3. The van der Waals surface area contributed by atoms with Gasteiger partial charge in [0, 0.05) is 10.9 Å². The van der Waals surface area contributed by atoms with Gasteiger partial charge >= 0.3 is 12.3 Å². The average Bonchev–Trinajstić information content (AvgIpc) is 2.86. The van der Waals surface area contributed by atoms with E-state index in [9.17, 15) is 18.0 Å². The molecule has 0 bridgehead atoms. The second kappa shape index (κ2) is 6.13. The molecule has 112 valence electrons. The lowest BCUT2D eigenvalue weighted by molar-refractivity contribution is -0.274. The summed E-state index contributed by atoms with van der Waals surface area (Å²) in [6.07, 6.45) is -4.65. The molecule has 0 radical (unpaired) electrons. The van der Waals surface area contributed by atoms with Gasteiger partial charge in [-0.2, -0.15) is 0 Å². The van der Waals surface area contributed by atoms with Gasteiger partial charge in [0.1, 0.15) is 10.8 Å². The number of thiazole rings is 1. The van der Waals surface area contributed by atoms with Crippen LogP contribution in [0.1, 0.15) is 5.69 Å². The first kappa shape index (κ1) is 15.3. The van der Waals surface area contributed by atoms with Crippen LogP contribution < -0.4 is 4.74 Å². The SMILES string of the molecule is COC(=O)Cc1csc(-c2ccc(OC(F)(F)F)cc2)n1. The van der Waals surface area contributed by atoms with Crippen LogP contribution in [0.15, 0.2) is 29.6 Å². The van der Waals surface area contributed by atoms with Crippen LogP contribution in [-0.2, 0) is 16.0 Å². The summed E-state index contributed by atoms with van der Waals surface area (Å²) >= 11 is 1.29. The zero-order valence-corrected chi connectivity index (χ0v) is 11.6. The number of aromatic nitrogens is 1. The van der Waals surface area contributed by atoms with E-state index in [1.165, 1.54) is 42.7 Å². The number of nitrogens with zero attached hydrogens (tertiary/aromatic N) is 1. The maximum absolute atomic E-state index is 12.0. The Bertz CT molecular complexity index is 622. The molecule has 4 nitrogen and oxygen atoms in total. The summed E-state index contributed by atoms with van der Waals surface area (Å²) < 4.78 is 44.5. The molecule has 8 heteroatoms. The summed E-state index contributed by atoms with van der Waals surface area (Å²) in [4.78, 5) is 15.4. The van der Waals surface area contributed by atoms with Crippen molar-refractivity contribution in [3.63, 3.8) is 0 Å². The summed E-state index contributed by atoms with van der Waals surface area (Å²) in [5.74, 6) is -0.696. The molecule has 0 fully saturated rings. The zero-order valence-electron chi connectivity index (χ0n) is 10.8. The molecule has 0 aliphatic heterocycles. The van der Waals surface area contributed by atoms with Gasteiger partial charge in [-0.05, 0) is 24.3 Å². The molecule has 0 spiro atoms. The van der Waals surface area contributed by atoms with E-state index in [4.69, 9.17) is 0 Å². The van der Waals surface area contributed by atoms with Gasteiger partial charge in [0.25, 0.3) is 0 Å². The predicted molar refractivity (Wildman–Crippen MR) is 70.0 cm³/mol. The molecular weight excluding hydrogens is 307 g/mol. The second-order valence-electron chi connectivity index (χ2n) is 3.97. The third kappa shape index (κ3) is 4.45. The highest BCUT2D eigenvalue weighted by Gasteiger charge is 2.30. The third-order valence-corrected chi connectivity index (χ3v) is 3.38. The first-order valence-electron chi connectivity index (χ1n) is 5.75. The van der Waals surface area contributed by atoms with Gasteiger partial charge in [0.05, 0.1) is 19.2 Å². The number of hydrogen-bond acceptors (Lipinski definition) is 5. The smallest absolute Gasteiger partial charge is 0.469 e. The monoisotopic (exact) mass is 317 g/mol. The average molecular weight is 317 g/mol. The number of esters is 1. The summed E-state index contributed by atoms with van der Waals surface area (Å²) in [6, 6.07) is 5.37. The van der Waals surface area contributed by atoms with Crippen molar-refractivity contribution in [1.29, 1.82) is 0 Å². The second-order valence-corrected chi connectivity index (χ2v) is 4.83. The molecule has 0 atom stereocenters. The minimum atomic E-state index is -4.71. The van der Waals surface area contributed by atoms with Crippen molar-refractivity contribution in [2.45, 2.75) is 12.8 Å². The highest BCUT2D eigenvalue weighted by atomic mass is 32.1. The molecule has 0 aliphatic rings. The number of carbonyl (C=O) groups is 1. The third-order valence-electron chi connectivity index (χ3n) is 2.44. The molecule has 0 unspecified atom stereocenters. The lowest BCUT2D eigenvalue weighted by Gasteiger charge is -2.08. The Kier molecular flexibility index (Phi) is 4.46. The summed E-state index contributed by atoms with van der Waals surface area (Å²) in [5, 5.41) is 2.30. The van der Waals surface area contributed by atoms with E-state index in [1.807, 2.05) is 0 Å². The fourth-order valence-electron chi connectivity index (χ4n) is 1.54. The number of halogens is 3. The van der Waals surface area contributed by atoms with Crippen LogP contribution >= 0.6 is 11.3 Å². The van der Waals surface area contributed by atoms with E-state index in [2.05, 4.69) is 14.5 Å². The first-order valence-corrected chi connectivity index (χ1v) is 6.63. The van der Waals surface area contributed by atoms with Crippen LogP contribution in [-0.4, -0.2) is 24.4 Å². The molecule has 2 rings (SSSR count). The molecular formula is C13H10F3NO3S. The van der Waals surface area contributed by atoms with Crippen molar-refractivity contribution in [1.82, 2.24) is 4.98 Å². The lowest BCUT2D eigenvalue weighted by Crippen LogP contribution is -2.16. The minimum Gasteiger partial charge on any atom is -0.469 e. The number of carbonyl (C=O) groups excluding carboxylic acids is 1. The standard InChI is InChI=1S/C13H10F3NO3S/c1-19-11(18)6-9-7-21-12(17-9)8-2-4-10(5-3-8)20-13(14,15)16/h2-5,7H,6H2,1H3. The summed E-state index contributed by atoms with van der Waals surface area (Å²) in [7, 11) is 1.29. The van der Waals surface area contributed by atoms with Crippen molar-refractivity contribution in [3.05, 3.63) is 35.3 Å². The van der Waals surface area contributed by atoms with Crippen molar-refractivity contribution in [2.24, 2.45) is 0 Å². The fourth-order valence-corrected chi connectivity index (χ4v) is 2.37. The number of methoxy groups -OCH3 is 1. The molecule has 1 aromatic heterocycles. The predicted octanol–water partition coefficient (Wildman–Crippen LogP) is 3.42. The molecule has 1 aromatic carbocycles. The molecule has 0 amide bonds. The Morgan fingerprint density at radius 1 is 1.29 bits per heavy atom. The van der Waals surface area contributed by atoms with Crippen LogP contribution in [0.3, 0.4) is 0 Å². The van der Waals surface area contributed by atoms with Gasteiger partial charge in [0.2, 0.25) is 0 Å². The van der Waals surface area contributed by atoms with Gasteiger partial charge in [-0.1, -0.05) is 0 Å². The van der Waals surface area contributed by atoms with Crippen LogP contribution in [0.25, 0.3) is 10.6 Å². The van der Waals surface area contributed by atoms with Crippen LogP contribution in [0.4, 0.5) is 13.2 Å². The van der Waals surface area contributed by atoms with Crippen LogP contribution in [0, 0.1) is 0 Å². The van der Waals surface area contributed by atoms with Crippen molar-refractivity contribution in [2.75, 3.05) is 7.11 Å². The van der Waals surface area contributed by atoms with Crippen LogP contribution in [0.5, 0.6) is 5.75 Å². The molecule has 0 saturated heterocycles. The number of ether oxygens (including phenoxy) is 2. The number of hydrogen-bond donors (Lipinski definition) is 0. The van der Waals surface area contributed by atoms with Crippen molar-refractivity contribution in [3.8, 4) is 16.3 Å². The molecule has 0 N–H and O–H groups in total. The van der Waals surface area contributed by atoms with E-state index in [-0.39, 0.29) is 12.2 Å². The Morgan fingerprint density at radius 3 is 2.52 bits per heavy atom. The molecule has 21 heavy (non-hydrogen) atoms. The van der Waals surface area contributed by atoms with Crippen molar-refractivity contribution < 1.29 is 27.4 Å². The largest absolute Gasteiger partial charge is 0.573 e. The first-order chi connectivity index (χ1) is 9.87. The highest BCUT2D eigenvalue weighted by molar-refractivity contribution is 7.13.